The molecule has 23 heavy (non-hydrogen) atoms. The molecule has 2 rings (SSSR count). The first-order valence-corrected chi connectivity index (χ1v) is 8.32. The molecule has 4 amide bonds. The second-order valence-electron chi connectivity index (χ2n) is 6.28. The summed E-state index contributed by atoms with van der Waals surface area (Å²) in [5.41, 5.74) is 4.97. The van der Waals surface area contributed by atoms with Crippen molar-refractivity contribution < 1.29 is 14.4 Å². The van der Waals surface area contributed by atoms with Gasteiger partial charge >= 0.3 is 6.03 Å². The average Bonchev–Trinajstić information content (AvgIpc) is 2.55. The van der Waals surface area contributed by atoms with Gasteiger partial charge in [-0.3, -0.25) is 24.7 Å². The zero-order valence-electron chi connectivity index (χ0n) is 13.8. The van der Waals surface area contributed by atoms with E-state index in [0.717, 1.165) is 39.0 Å². The van der Waals surface area contributed by atoms with Crippen LogP contribution in [0.3, 0.4) is 0 Å². The number of amides is 4. The van der Waals surface area contributed by atoms with E-state index in [1.165, 1.54) is 6.42 Å². The Labute approximate surface area is 136 Å². The molecule has 8 nitrogen and oxygen atoms in total. The van der Waals surface area contributed by atoms with E-state index in [9.17, 15) is 14.4 Å². The monoisotopic (exact) mass is 325 g/mol. The summed E-state index contributed by atoms with van der Waals surface area (Å²) in [5.74, 6) is -0.173. The molecule has 0 aromatic carbocycles. The Morgan fingerprint density at radius 1 is 1.00 bits per heavy atom. The Balaban J connectivity index is 1.73. The number of hydrogen-bond donors (Lipinski definition) is 2. The molecule has 0 bridgehead atoms. The Morgan fingerprint density at radius 3 is 2.17 bits per heavy atom. The first-order chi connectivity index (χ1) is 11.0. The smallest absolute Gasteiger partial charge is 0.318 e. The zero-order valence-corrected chi connectivity index (χ0v) is 13.8. The third-order valence-electron chi connectivity index (χ3n) is 4.65. The number of piperazine rings is 1. The van der Waals surface area contributed by atoms with Crippen molar-refractivity contribution in [1.29, 1.82) is 0 Å². The van der Waals surface area contributed by atoms with Crippen LogP contribution in [0.15, 0.2) is 0 Å². The molecule has 0 saturated carbocycles. The largest absolute Gasteiger partial charge is 0.351 e. The minimum Gasteiger partial charge on any atom is -0.351 e. The number of rotatable bonds is 4. The van der Waals surface area contributed by atoms with E-state index < -0.39 is 12.1 Å². The van der Waals surface area contributed by atoms with Gasteiger partial charge in [-0.15, -0.1) is 0 Å². The first kappa shape index (κ1) is 17.7. The second-order valence-corrected chi connectivity index (χ2v) is 6.28. The van der Waals surface area contributed by atoms with E-state index in [0.29, 0.717) is 19.6 Å². The summed E-state index contributed by atoms with van der Waals surface area (Å²) in [5, 5.41) is 2.11. The van der Waals surface area contributed by atoms with Gasteiger partial charge in [0, 0.05) is 39.3 Å². The number of nitrogens with one attached hydrogen (secondary N) is 1. The Bertz CT molecular complexity index is 442. The van der Waals surface area contributed by atoms with Crippen molar-refractivity contribution in [2.45, 2.75) is 32.2 Å². The Hall–Kier alpha value is -1.67. The maximum Gasteiger partial charge on any atom is 0.318 e. The summed E-state index contributed by atoms with van der Waals surface area (Å²) in [7, 11) is 0. The molecule has 0 aliphatic carbocycles. The molecule has 2 saturated heterocycles. The summed E-state index contributed by atoms with van der Waals surface area (Å²) in [6.45, 7) is 6.84. The fraction of sp³-hybridized carbons (Fsp3) is 0.800. The summed E-state index contributed by atoms with van der Waals surface area (Å²) >= 11 is 0. The molecule has 0 unspecified atom stereocenters. The molecule has 8 heteroatoms. The van der Waals surface area contributed by atoms with Crippen LogP contribution in [-0.4, -0.2) is 84.4 Å². The van der Waals surface area contributed by atoms with Crippen molar-refractivity contribution in [3.8, 4) is 0 Å². The van der Waals surface area contributed by atoms with E-state index in [1.807, 2.05) is 9.80 Å². The molecule has 0 aromatic heterocycles. The molecular weight excluding hydrogens is 298 g/mol. The highest BCUT2D eigenvalue weighted by atomic mass is 16.2. The lowest BCUT2D eigenvalue weighted by molar-refractivity contribution is -0.134. The van der Waals surface area contributed by atoms with E-state index >= 15 is 0 Å². The highest BCUT2D eigenvalue weighted by Gasteiger charge is 2.27. The molecule has 130 valence electrons. The SMILES string of the molecule is C[C@H](C(=O)NC(N)=O)N1CCN(CC(=O)N2CCCCC2)CC1. The molecular formula is C15H27N5O3. The fourth-order valence-electron chi connectivity index (χ4n) is 3.14. The Kier molecular flexibility index (Phi) is 6.35. The number of likely N-dealkylation sites (tertiary alicyclic amines) is 1. The highest BCUT2D eigenvalue weighted by molar-refractivity contribution is 5.96. The van der Waals surface area contributed by atoms with E-state index in [1.54, 1.807) is 6.92 Å². The van der Waals surface area contributed by atoms with Crippen LogP contribution in [0.4, 0.5) is 4.79 Å². The van der Waals surface area contributed by atoms with Crippen LogP contribution >= 0.6 is 0 Å². The van der Waals surface area contributed by atoms with Gasteiger partial charge in [0.15, 0.2) is 0 Å². The molecule has 1 atom stereocenters. The fourth-order valence-corrected chi connectivity index (χ4v) is 3.14. The van der Waals surface area contributed by atoms with Gasteiger partial charge in [0.2, 0.25) is 11.8 Å². The van der Waals surface area contributed by atoms with Gasteiger partial charge in [0.05, 0.1) is 12.6 Å². The van der Waals surface area contributed by atoms with Gasteiger partial charge in [-0.1, -0.05) is 0 Å². The maximum atomic E-state index is 12.3. The summed E-state index contributed by atoms with van der Waals surface area (Å²) in [6.07, 6.45) is 3.42. The normalized spacial score (nSPS) is 21.7. The minimum absolute atomic E-state index is 0.206. The van der Waals surface area contributed by atoms with E-state index in [2.05, 4.69) is 10.2 Å². The summed E-state index contributed by atoms with van der Waals surface area (Å²) in [4.78, 5) is 40.9. The molecule has 0 radical (unpaired) electrons. The summed E-state index contributed by atoms with van der Waals surface area (Å²) in [6, 6.07) is -1.23. The van der Waals surface area contributed by atoms with Gasteiger partial charge in [-0.05, 0) is 26.2 Å². The molecule has 2 heterocycles. The lowest BCUT2D eigenvalue weighted by Crippen LogP contribution is -2.56. The molecule has 2 aliphatic heterocycles. The predicted molar refractivity (Wildman–Crippen MR) is 85.6 cm³/mol. The van der Waals surface area contributed by atoms with Crippen LogP contribution in [0.1, 0.15) is 26.2 Å². The third kappa shape index (κ3) is 5.18. The molecule has 3 N–H and O–H groups in total. The van der Waals surface area contributed by atoms with Crippen molar-refractivity contribution in [3.05, 3.63) is 0 Å². The Morgan fingerprint density at radius 2 is 1.61 bits per heavy atom. The van der Waals surface area contributed by atoms with Crippen LogP contribution in [0, 0.1) is 0 Å². The average molecular weight is 325 g/mol. The highest BCUT2D eigenvalue weighted by Crippen LogP contribution is 2.11. The number of nitrogens with two attached hydrogens (primary N) is 1. The van der Waals surface area contributed by atoms with Crippen LogP contribution in [0.2, 0.25) is 0 Å². The number of hydrogen-bond acceptors (Lipinski definition) is 5. The number of carbonyl (C=O) groups is 3. The number of carbonyl (C=O) groups excluding carboxylic acids is 3. The van der Waals surface area contributed by atoms with Gasteiger partial charge in [0.25, 0.3) is 0 Å². The topological polar surface area (TPSA) is 99.0 Å². The van der Waals surface area contributed by atoms with Crippen molar-refractivity contribution in [3.63, 3.8) is 0 Å². The second kappa shape index (κ2) is 8.26. The molecule has 2 aliphatic rings. The molecule has 2 fully saturated rings. The number of imide groups is 1. The lowest BCUT2D eigenvalue weighted by atomic mass is 10.1. The van der Waals surface area contributed by atoms with Crippen LogP contribution < -0.4 is 11.1 Å². The van der Waals surface area contributed by atoms with Gasteiger partial charge in [-0.2, -0.15) is 0 Å². The standard InChI is InChI=1S/C15H27N5O3/c1-12(14(22)17-15(16)23)19-9-7-18(8-10-19)11-13(21)20-5-3-2-4-6-20/h12H,2-11H2,1H3,(H3,16,17,22,23)/t12-/m1/s1. The van der Waals surface area contributed by atoms with Crippen molar-refractivity contribution in [1.82, 2.24) is 20.0 Å². The first-order valence-electron chi connectivity index (χ1n) is 8.32. The van der Waals surface area contributed by atoms with Crippen LogP contribution in [-0.2, 0) is 9.59 Å². The molecule has 0 spiro atoms. The number of urea groups is 1. The van der Waals surface area contributed by atoms with Gasteiger partial charge in [0.1, 0.15) is 0 Å². The van der Waals surface area contributed by atoms with Gasteiger partial charge in [-0.25, -0.2) is 4.79 Å². The van der Waals surface area contributed by atoms with Crippen LogP contribution in [0.25, 0.3) is 0 Å². The maximum absolute atomic E-state index is 12.3. The quantitative estimate of drug-likeness (QED) is 0.705. The predicted octanol–water partition coefficient (Wildman–Crippen LogP) is -0.800. The minimum atomic E-state index is -0.826. The number of primary amides is 1. The van der Waals surface area contributed by atoms with Crippen molar-refractivity contribution in [2.75, 3.05) is 45.8 Å². The van der Waals surface area contributed by atoms with Crippen molar-refractivity contribution >= 4 is 17.8 Å². The number of nitrogens with zero attached hydrogens (tertiary/aromatic N) is 3. The number of piperidine rings is 1. The lowest BCUT2D eigenvalue weighted by Gasteiger charge is -2.38. The van der Waals surface area contributed by atoms with Crippen molar-refractivity contribution in [2.24, 2.45) is 5.73 Å². The van der Waals surface area contributed by atoms with Crippen LogP contribution in [0.5, 0.6) is 0 Å². The van der Waals surface area contributed by atoms with E-state index in [4.69, 9.17) is 5.73 Å². The summed E-state index contributed by atoms with van der Waals surface area (Å²) < 4.78 is 0. The molecule has 0 aromatic rings. The third-order valence-corrected chi connectivity index (χ3v) is 4.65. The van der Waals surface area contributed by atoms with Gasteiger partial charge < -0.3 is 10.6 Å². The zero-order chi connectivity index (χ0) is 16.8. The van der Waals surface area contributed by atoms with E-state index in [-0.39, 0.29) is 11.8 Å².